The highest BCUT2D eigenvalue weighted by Crippen LogP contribution is 2.20. The summed E-state index contributed by atoms with van der Waals surface area (Å²) in [5, 5.41) is 14.1. The van der Waals surface area contributed by atoms with Gasteiger partial charge >= 0.3 is 0 Å². The van der Waals surface area contributed by atoms with E-state index in [1.807, 2.05) is 30.3 Å². The third-order valence-electron chi connectivity index (χ3n) is 3.31. The largest absolute Gasteiger partial charge is 0.489 e. The highest BCUT2D eigenvalue weighted by molar-refractivity contribution is 5.99. The van der Waals surface area contributed by atoms with Gasteiger partial charge in [0.2, 0.25) is 0 Å². The molecule has 0 aliphatic heterocycles. The normalized spacial score (nSPS) is 11.2. The molecule has 0 aromatic heterocycles. The van der Waals surface area contributed by atoms with Crippen LogP contribution in [-0.4, -0.2) is 42.9 Å². The summed E-state index contributed by atoms with van der Waals surface area (Å²) in [5.74, 6) is 0.348. The van der Waals surface area contributed by atoms with Crippen LogP contribution in [0.25, 0.3) is 0 Å². The van der Waals surface area contributed by atoms with Gasteiger partial charge in [0.1, 0.15) is 18.2 Å². The van der Waals surface area contributed by atoms with E-state index in [0.717, 1.165) is 5.56 Å². The second-order valence-corrected chi connectivity index (χ2v) is 5.01. The Morgan fingerprint density at radius 1 is 1.25 bits per heavy atom. The number of hydrogen-bond donors (Lipinski definition) is 1. The Hall–Kier alpha value is -2.73. The highest BCUT2D eigenvalue weighted by atomic mass is 19.1. The van der Waals surface area contributed by atoms with Crippen molar-refractivity contribution in [1.82, 2.24) is 5.01 Å². The standard InChI is InChI=1S/C18H20FN3O2/c1-20-22(2)18(21-10-11-23)16-12-15(8-9-17(16)19)24-13-14-6-4-3-5-7-14/h3-9,12,23H,1,10-11,13H2,2H3. The molecule has 24 heavy (non-hydrogen) atoms. The topological polar surface area (TPSA) is 57.4 Å². The third-order valence-corrected chi connectivity index (χ3v) is 3.31. The van der Waals surface area contributed by atoms with E-state index in [1.165, 1.54) is 11.1 Å². The minimum absolute atomic E-state index is 0.139. The Morgan fingerprint density at radius 3 is 2.67 bits per heavy atom. The van der Waals surface area contributed by atoms with E-state index in [4.69, 9.17) is 9.84 Å². The molecule has 0 amide bonds. The first-order valence-electron chi connectivity index (χ1n) is 7.48. The first-order chi connectivity index (χ1) is 11.7. The zero-order chi connectivity index (χ0) is 17.4. The smallest absolute Gasteiger partial charge is 0.154 e. The van der Waals surface area contributed by atoms with Gasteiger partial charge in [0.05, 0.1) is 18.7 Å². The van der Waals surface area contributed by atoms with Crippen molar-refractivity contribution in [2.45, 2.75) is 6.61 Å². The van der Waals surface area contributed by atoms with E-state index in [1.54, 1.807) is 19.2 Å². The summed E-state index contributed by atoms with van der Waals surface area (Å²) in [5.41, 5.74) is 1.26. The molecule has 0 bridgehead atoms. The van der Waals surface area contributed by atoms with E-state index in [2.05, 4.69) is 16.8 Å². The molecule has 0 aliphatic carbocycles. The van der Waals surface area contributed by atoms with Crippen molar-refractivity contribution in [2.75, 3.05) is 20.2 Å². The number of benzene rings is 2. The number of hydrogen-bond acceptors (Lipinski definition) is 4. The molecule has 1 N–H and O–H groups in total. The van der Waals surface area contributed by atoms with Crippen LogP contribution < -0.4 is 4.74 Å². The Labute approximate surface area is 140 Å². The van der Waals surface area contributed by atoms with Crippen LogP contribution >= 0.6 is 0 Å². The van der Waals surface area contributed by atoms with Crippen molar-refractivity contribution in [1.29, 1.82) is 0 Å². The summed E-state index contributed by atoms with van der Waals surface area (Å²) in [4.78, 5) is 4.17. The van der Waals surface area contributed by atoms with Crippen LogP contribution in [0.5, 0.6) is 5.75 Å². The van der Waals surface area contributed by atoms with Gasteiger partial charge in [0, 0.05) is 13.8 Å². The lowest BCUT2D eigenvalue weighted by molar-refractivity contribution is 0.305. The lowest BCUT2D eigenvalue weighted by Gasteiger charge is -2.17. The van der Waals surface area contributed by atoms with Crippen LogP contribution in [0.2, 0.25) is 0 Å². The van der Waals surface area contributed by atoms with E-state index in [9.17, 15) is 4.39 Å². The molecule has 0 saturated carbocycles. The minimum atomic E-state index is -0.450. The SMILES string of the molecule is C=NN(C)C(=NCCO)c1cc(OCc2ccccc2)ccc1F. The van der Waals surface area contributed by atoms with Crippen LogP contribution in [0.15, 0.2) is 58.6 Å². The molecule has 0 radical (unpaired) electrons. The number of aliphatic imine (C=N–C) groups is 1. The molecule has 126 valence electrons. The van der Waals surface area contributed by atoms with Crippen molar-refractivity contribution in [3.8, 4) is 5.75 Å². The summed E-state index contributed by atoms with van der Waals surface area (Å²) in [7, 11) is 1.61. The molecule has 6 heteroatoms. The molecule has 5 nitrogen and oxygen atoms in total. The Balaban J connectivity index is 2.24. The van der Waals surface area contributed by atoms with E-state index in [-0.39, 0.29) is 24.6 Å². The van der Waals surface area contributed by atoms with Crippen LogP contribution in [0, 0.1) is 5.82 Å². The van der Waals surface area contributed by atoms with Crippen LogP contribution in [-0.2, 0) is 6.61 Å². The first-order valence-corrected chi connectivity index (χ1v) is 7.48. The van der Waals surface area contributed by atoms with Gasteiger partial charge in [0.15, 0.2) is 5.84 Å². The summed E-state index contributed by atoms with van der Waals surface area (Å²) in [6.07, 6.45) is 0. The quantitative estimate of drug-likeness (QED) is 0.483. The number of halogens is 1. The zero-order valence-electron chi connectivity index (χ0n) is 13.5. The molecule has 2 rings (SSSR count). The molecule has 2 aromatic rings. The highest BCUT2D eigenvalue weighted by Gasteiger charge is 2.15. The number of amidine groups is 1. The maximum atomic E-state index is 14.2. The molecule has 0 aliphatic rings. The van der Waals surface area contributed by atoms with Crippen molar-refractivity contribution in [3.05, 3.63) is 65.5 Å². The van der Waals surface area contributed by atoms with E-state index in [0.29, 0.717) is 12.4 Å². The summed E-state index contributed by atoms with van der Waals surface area (Å²) >= 11 is 0. The van der Waals surface area contributed by atoms with E-state index < -0.39 is 5.82 Å². The van der Waals surface area contributed by atoms with Crippen LogP contribution in [0.3, 0.4) is 0 Å². The fourth-order valence-electron chi connectivity index (χ4n) is 2.09. The molecule has 0 heterocycles. The molecule has 0 unspecified atom stereocenters. The van der Waals surface area contributed by atoms with Gasteiger partial charge in [-0.3, -0.25) is 10.0 Å². The predicted molar refractivity (Wildman–Crippen MR) is 93.0 cm³/mol. The molecular formula is C18H20FN3O2. The van der Waals surface area contributed by atoms with Crippen molar-refractivity contribution in [2.24, 2.45) is 10.1 Å². The number of hydrazone groups is 1. The summed E-state index contributed by atoms with van der Waals surface area (Å²) < 4.78 is 19.9. The fraction of sp³-hybridized carbons (Fsp3) is 0.222. The van der Waals surface area contributed by atoms with Gasteiger partial charge < -0.3 is 9.84 Å². The predicted octanol–water partition coefficient (Wildman–Crippen LogP) is 2.69. The minimum Gasteiger partial charge on any atom is -0.489 e. The van der Waals surface area contributed by atoms with Gasteiger partial charge in [-0.25, -0.2) is 4.39 Å². The van der Waals surface area contributed by atoms with Crippen molar-refractivity contribution < 1.29 is 14.2 Å². The van der Waals surface area contributed by atoms with Crippen molar-refractivity contribution >= 4 is 12.6 Å². The van der Waals surface area contributed by atoms with E-state index >= 15 is 0 Å². The maximum absolute atomic E-state index is 14.2. The second kappa shape index (κ2) is 8.79. The lowest BCUT2D eigenvalue weighted by atomic mass is 10.1. The maximum Gasteiger partial charge on any atom is 0.154 e. The van der Waals surface area contributed by atoms with Gasteiger partial charge in [-0.15, -0.1) is 0 Å². The fourth-order valence-corrected chi connectivity index (χ4v) is 2.09. The number of ether oxygens (including phenoxy) is 1. The number of aliphatic hydroxyl groups is 1. The molecule has 0 fully saturated rings. The number of nitrogens with zero attached hydrogens (tertiary/aromatic N) is 3. The summed E-state index contributed by atoms with van der Waals surface area (Å²) in [6.45, 7) is 3.81. The average molecular weight is 329 g/mol. The van der Waals surface area contributed by atoms with Crippen LogP contribution in [0.4, 0.5) is 4.39 Å². The number of rotatable bonds is 7. The molecule has 0 atom stereocenters. The summed E-state index contributed by atoms with van der Waals surface area (Å²) in [6, 6.07) is 14.1. The number of aliphatic hydroxyl groups excluding tert-OH is 1. The Bertz CT molecular complexity index is 705. The third kappa shape index (κ3) is 4.63. The lowest BCUT2D eigenvalue weighted by Crippen LogP contribution is -2.24. The monoisotopic (exact) mass is 329 g/mol. The van der Waals surface area contributed by atoms with Crippen LogP contribution in [0.1, 0.15) is 11.1 Å². The molecule has 0 spiro atoms. The van der Waals surface area contributed by atoms with Gasteiger partial charge in [-0.05, 0) is 23.8 Å². The first kappa shape index (κ1) is 17.6. The molecule has 2 aromatic carbocycles. The second-order valence-electron chi connectivity index (χ2n) is 5.01. The van der Waals surface area contributed by atoms with Gasteiger partial charge in [-0.1, -0.05) is 30.3 Å². The van der Waals surface area contributed by atoms with Gasteiger partial charge in [-0.2, -0.15) is 5.10 Å². The van der Waals surface area contributed by atoms with Crippen molar-refractivity contribution in [3.63, 3.8) is 0 Å². The zero-order valence-corrected chi connectivity index (χ0v) is 13.5. The average Bonchev–Trinajstić information content (AvgIpc) is 2.62. The molecule has 0 saturated heterocycles. The Kier molecular flexibility index (Phi) is 6.45. The Morgan fingerprint density at radius 2 is 2.00 bits per heavy atom. The van der Waals surface area contributed by atoms with Gasteiger partial charge in [0.25, 0.3) is 0 Å². The molecular weight excluding hydrogens is 309 g/mol.